The summed E-state index contributed by atoms with van der Waals surface area (Å²) in [6.45, 7) is 1.68. The molecule has 1 aliphatic rings. The number of benzene rings is 1. The van der Waals surface area contributed by atoms with Gasteiger partial charge in [-0.15, -0.1) is 11.3 Å². The van der Waals surface area contributed by atoms with Crippen LogP contribution in [0.1, 0.15) is 23.3 Å². The highest BCUT2D eigenvalue weighted by atomic mass is 32.1. The second-order valence-corrected chi connectivity index (χ2v) is 6.01. The van der Waals surface area contributed by atoms with Crippen molar-refractivity contribution in [2.45, 2.75) is 18.9 Å². The van der Waals surface area contributed by atoms with E-state index in [0.717, 1.165) is 37.3 Å². The minimum absolute atomic E-state index is 0.0663. The van der Waals surface area contributed by atoms with Crippen LogP contribution in [-0.4, -0.2) is 30.0 Å². The smallest absolute Gasteiger partial charge is 0.271 e. The first-order chi connectivity index (χ1) is 10.6. The lowest BCUT2D eigenvalue weighted by Gasteiger charge is -2.23. The summed E-state index contributed by atoms with van der Waals surface area (Å²) in [5.74, 6) is -1.68. The first-order valence-electron chi connectivity index (χ1n) is 7.06. The van der Waals surface area contributed by atoms with E-state index in [4.69, 9.17) is 0 Å². The first kappa shape index (κ1) is 15.1. The van der Waals surface area contributed by atoms with Crippen molar-refractivity contribution in [2.24, 2.45) is 0 Å². The first-order valence-corrected chi connectivity index (χ1v) is 7.94. The molecule has 1 fully saturated rings. The summed E-state index contributed by atoms with van der Waals surface area (Å²) in [5, 5.41) is 7.78. The predicted octanol–water partition coefficient (Wildman–Crippen LogP) is 2.57. The standard InChI is InChI=1S/C15H15F2N3OS/c16-10-4-1-5-11(17)13(10)15-20-12(8-22-15)14(21)19-9-3-2-6-18-7-9/h1,4-5,8-9,18H,2-3,6-7H2,(H,19,21)/t9-/m0/s1. The van der Waals surface area contributed by atoms with Crippen molar-refractivity contribution in [1.82, 2.24) is 15.6 Å². The van der Waals surface area contributed by atoms with Gasteiger partial charge in [-0.25, -0.2) is 13.8 Å². The Morgan fingerprint density at radius 2 is 2.14 bits per heavy atom. The molecule has 1 aliphatic heterocycles. The third-order valence-electron chi connectivity index (χ3n) is 3.55. The predicted molar refractivity (Wildman–Crippen MR) is 80.8 cm³/mol. The van der Waals surface area contributed by atoms with Gasteiger partial charge in [-0.1, -0.05) is 6.07 Å². The number of nitrogens with zero attached hydrogens (tertiary/aromatic N) is 1. The van der Waals surface area contributed by atoms with E-state index < -0.39 is 11.6 Å². The van der Waals surface area contributed by atoms with Gasteiger partial charge < -0.3 is 10.6 Å². The van der Waals surface area contributed by atoms with Crippen molar-refractivity contribution in [3.8, 4) is 10.6 Å². The normalized spacial score (nSPS) is 18.2. The maximum Gasteiger partial charge on any atom is 0.271 e. The molecule has 4 nitrogen and oxygen atoms in total. The fourth-order valence-electron chi connectivity index (χ4n) is 2.43. The van der Waals surface area contributed by atoms with Crippen LogP contribution in [0.2, 0.25) is 0 Å². The topological polar surface area (TPSA) is 54.0 Å². The van der Waals surface area contributed by atoms with Crippen molar-refractivity contribution >= 4 is 17.2 Å². The Morgan fingerprint density at radius 3 is 2.82 bits per heavy atom. The number of aromatic nitrogens is 1. The van der Waals surface area contributed by atoms with Gasteiger partial charge in [-0.3, -0.25) is 4.79 Å². The molecule has 0 bridgehead atoms. The summed E-state index contributed by atoms with van der Waals surface area (Å²) in [7, 11) is 0. The van der Waals surface area contributed by atoms with Gasteiger partial charge in [0, 0.05) is 18.0 Å². The molecule has 7 heteroatoms. The fourth-order valence-corrected chi connectivity index (χ4v) is 3.28. The molecular formula is C15H15F2N3OS. The van der Waals surface area contributed by atoms with E-state index >= 15 is 0 Å². The molecule has 0 radical (unpaired) electrons. The number of hydrogen-bond acceptors (Lipinski definition) is 4. The Hall–Kier alpha value is -1.86. The van der Waals surface area contributed by atoms with E-state index in [1.165, 1.54) is 23.6 Å². The lowest BCUT2D eigenvalue weighted by molar-refractivity contribution is 0.0926. The average Bonchev–Trinajstić information content (AvgIpc) is 2.98. The molecule has 0 unspecified atom stereocenters. The minimum atomic E-state index is -0.683. The Bertz CT molecular complexity index is 663. The molecule has 22 heavy (non-hydrogen) atoms. The minimum Gasteiger partial charge on any atom is -0.347 e. The Kier molecular flexibility index (Phi) is 4.44. The number of rotatable bonds is 3. The molecule has 1 saturated heterocycles. The number of halogens is 2. The lowest BCUT2D eigenvalue weighted by atomic mass is 10.1. The number of carbonyl (C=O) groups excluding carboxylic acids is 1. The molecule has 1 aromatic heterocycles. The molecule has 0 saturated carbocycles. The molecule has 2 aromatic rings. The summed E-state index contributed by atoms with van der Waals surface area (Å²) < 4.78 is 27.5. The number of nitrogens with one attached hydrogen (secondary N) is 2. The van der Waals surface area contributed by atoms with E-state index in [-0.39, 0.29) is 28.2 Å². The van der Waals surface area contributed by atoms with Crippen molar-refractivity contribution < 1.29 is 13.6 Å². The number of hydrogen-bond donors (Lipinski definition) is 2. The number of carbonyl (C=O) groups is 1. The molecule has 1 aromatic carbocycles. The second kappa shape index (κ2) is 6.50. The van der Waals surface area contributed by atoms with Gasteiger partial charge >= 0.3 is 0 Å². The number of piperidine rings is 1. The Morgan fingerprint density at radius 1 is 1.36 bits per heavy atom. The Labute approximate surface area is 130 Å². The van der Waals surface area contributed by atoms with Crippen molar-refractivity contribution in [3.63, 3.8) is 0 Å². The maximum absolute atomic E-state index is 13.7. The number of thiazole rings is 1. The molecule has 1 amide bonds. The van der Waals surface area contributed by atoms with E-state index in [2.05, 4.69) is 15.6 Å². The van der Waals surface area contributed by atoms with E-state index in [0.29, 0.717) is 0 Å². The highest BCUT2D eigenvalue weighted by molar-refractivity contribution is 7.13. The van der Waals surface area contributed by atoms with Crippen LogP contribution in [0.5, 0.6) is 0 Å². The molecule has 0 spiro atoms. The maximum atomic E-state index is 13.7. The summed E-state index contributed by atoms with van der Waals surface area (Å²) in [4.78, 5) is 16.2. The van der Waals surface area contributed by atoms with Gasteiger partial charge in [-0.2, -0.15) is 0 Å². The zero-order chi connectivity index (χ0) is 15.5. The van der Waals surface area contributed by atoms with Crippen LogP contribution in [-0.2, 0) is 0 Å². The third-order valence-corrected chi connectivity index (χ3v) is 4.41. The van der Waals surface area contributed by atoms with Gasteiger partial charge in [0.05, 0.1) is 5.56 Å². The molecule has 2 N–H and O–H groups in total. The largest absolute Gasteiger partial charge is 0.347 e. The second-order valence-electron chi connectivity index (χ2n) is 5.15. The Balaban J connectivity index is 1.77. The molecule has 1 atom stereocenters. The average molecular weight is 323 g/mol. The molecule has 0 aliphatic carbocycles. The van der Waals surface area contributed by atoms with Crippen LogP contribution < -0.4 is 10.6 Å². The van der Waals surface area contributed by atoms with Gasteiger partial charge in [-0.05, 0) is 31.5 Å². The zero-order valence-electron chi connectivity index (χ0n) is 11.7. The highest BCUT2D eigenvalue weighted by Gasteiger charge is 2.20. The van der Waals surface area contributed by atoms with Gasteiger partial charge in [0.2, 0.25) is 0 Å². The summed E-state index contributed by atoms with van der Waals surface area (Å²) >= 11 is 1.05. The highest BCUT2D eigenvalue weighted by Crippen LogP contribution is 2.28. The number of amides is 1. The van der Waals surface area contributed by atoms with Crippen molar-refractivity contribution in [3.05, 3.63) is 40.9 Å². The monoisotopic (exact) mass is 323 g/mol. The van der Waals surface area contributed by atoms with Crippen molar-refractivity contribution in [2.75, 3.05) is 13.1 Å². The van der Waals surface area contributed by atoms with Crippen LogP contribution in [0, 0.1) is 11.6 Å². The van der Waals surface area contributed by atoms with Crippen LogP contribution in [0.3, 0.4) is 0 Å². The fraction of sp³-hybridized carbons (Fsp3) is 0.333. The zero-order valence-corrected chi connectivity index (χ0v) is 12.6. The third kappa shape index (κ3) is 3.15. The summed E-state index contributed by atoms with van der Waals surface area (Å²) in [6, 6.07) is 3.71. The van der Waals surface area contributed by atoms with Crippen LogP contribution in [0.25, 0.3) is 10.6 Å². The van der Waals surface area contributed by atoms with Crippen LogP contribution >= 0.6 is 11.3 Å². The quantitative estimate of drug-likeness (QED) is 0.913. The van der Waals surface area contributed by atoms with E-state index in [1.807, 2.05) is 0 Å². The van der Waals surface area contributed by atoms with Gasteiger partial charge in [0.25, 0.3) is 5.91 Å². The van der Waals surface area contributed by atoms with Crippen LogP contribution in [0.15, 0.2) is 23.6 Å². The SMILES string of the molecule is O=C(N[C@H]1CCCNC1)c1csc(-c2c(F)cccc2F)n1. The lowest BCUT2D eigenvalue weighted by Crippen LogP contribution is -2.45. The van der Waals surface area contributed by atoms with E-state index in [9.17, 15) is 13.6 Å². The van der Waals surface area contributed by atoms with Crippen molar-refractivity contribution in [1.29, 1.82) is 0 Å². The van der Waals surface area contributed by atoms with Gasteiger partial charge in [0.15, 0.2) is 0 Å². The molecule has 116 valence electrons. The molecular weight excluding hydrogens is 308 g/mol. The van der Waals surface area contributed by atoms with Crippen LogP contribution in [0.4, 0.5) is 8.78 Å². The molecule has 2 heterocycles. The molecule has 3 rings (SSSR count). The van der Waals surface area contributed by atoms with Gasteiger partial charge in [0.1, 0.15) is 22.3 Å². The summed E-state index contributed by atoms with van der Waals surface area (Å²) in [5.41, 5.74) is -0.000824. The van der Waals surface area contributed by atoms with E-state index in [1.54, 1.807) is 0 Å². The summed E-state index contributed by atoms with van der Waals surface area (Å²) in [6.07, 6.45) is 1.92.